The molecule has 4 heteroatoms. The summed E-state index contributed by atoms with van der Waals surface area (Å²) in [4.78, 5) is 11.2. The highest BCUT2D eigenvalue weighted by atomic mass is 19.1. The molecule has 0 saturated heterocycles. The van der Waals surface area contributed by atoms with E-state index in [4.69, 9.17) is 0 Å². The van der Waals surface area contributed by atoms with Crippen molar-refractivity contribution in [1.82, 2.24) is 5.32 Å². The van der Waals surface area contributed by atoms with Crippen LogP contribution in [0.25, 0.3) is 0 Å². The minimum absolute atomic E-state index is 0.288. The van der Waals surface area contributed by atoms with Crippen LogP contribution in [0, 0.1) is 5.82 Å². The summed E-state index contributed by atoms with van der Waals surface area (Å²) in [6.07, 6.45) is 1.03. The summed E-state index contributed by atoms with van der Waals surface area (Å²) in [7, 11) is 0. The topological polar surface area (TPSA) is 49.3 Å². The van der Waals surface area contributed by atoms with Gasteiger partial charge in [0.05, 0.1) is 0 Å². The summed E-state index contributed by atoms with van der Waals surface area (Å²) in [5.74, 6) is -1.13. The number of nitrogens with one attached hydrogen (secondary N) is 1. The lowest BCUT2D eigenvalue weighted by molar-refractivity contribution is -0.145. The Hall–Kier alpha value is -1.42. The first-order valence-electron chi connectivity index (χ1n) is 5.77. The first kappa shape index (κ1) is 13.6. The Bertz CT molecular complexity index is 372. The predicted octanol–water partition coefficient (Wildman–Crippen LogP) is 2.56. The summed E-state index contributed by atoms with van der Waals surface area (Å²) in [5, 5.41) is 12.3. The molecule has 0 saturated carbocycles. The Morgan fingerprint density at radius 1 is 1.29 bits per heavy atom. The minimum atomic E-state index is -0.894. The van der Waals surface area contributed by atoms with Crippen molar-refractivity contribution in [3.8, 4) is 0 Å². The summed E-state index contributed by atoms with van der Waals surface area (Å²) >= 11 is 0. The van der Waals surface area contributed by atoms with E-state index in [-0.39, 0.29) is 5.82 Å². The lowest BCUT2D eigenvalue weighted by Crippen LogP contribution is -2.50. The van der Waals surface area contributed by atoms with Crippen LogP contribution in [-0.2, 0) is 11.3 Å². The molecule has 0 unspecified atom stereocenters. The molecular formula is C13H18FNO2. The number of hydrogen-bond donors (Lipinski definition) is 2. The molecule has 1 rings (SSSR count). The van der Waals surface area contributed by atoms with E-state index in [1.165, 1.54) is 12.1 Å². The largest absolute Gasteiger partial charge is 0.480 e. The van der Waals surface area contributed by atoms with Gasteiger partial charge in [-0.15, -0.1) is 0 Å². The van der Waals surface area contributed by atoms with Crippen LogP contribution in [0.1, 0.15) is 32.3 Å². The second-order valence-electron chi connectivity index (χ2n) is 4.07. The molecule has 2 N–H and O–H groups in total. The van der Waals surface area contributed by atoms with Gasteiger partial charge in [0, 0.05) is 6.54 Å². The van der Waals surface area contributed by atoms with E-state index in [2.05, 4.69) is 5.32 Å². The Morgan fingerprint density at radius 3 is 2.24 bits per heavy atom. The molecule has 0 atom stereocenters. The SMILES string of the molecule is CCC(CC)(NCc1ccc(F)cc1)C(=O)O. The van der Waals surface area contributed by atoms with Crippen molar-refractivity contribution in [2.24, 2.45) is 0 Å². The monoisotopic (exact) mass is 239 g/mol. The van der Waals surface area contributed by atoms with E-state index in [1.54, 1.807) is 12.1 Å². The number of rotatable bonds is 6. The average Bonchev–Trinajstić information content (AvgIpc) is 2.33. The summed E-state index contributed by atoms with van der Waals surface area (Å²) < 4.78 is 12.7. The van der Waals surface area contributed by atoms with Crippen LogP contribution in [-0.4, -0.2) is 16.6 Å². The molecular weight excluding hydrogens is 221 g/mol. The van der Waals surface area contributed by atoms with Crippen molar-refractivity contribution in [3.63, 3.8) is 0 Å². The van der Waals surface area contributed by atoms with Gasteiger partial charge in [0.2, 0.25) is 0 Å². The highest BCUT2D eigenvalue weighted by Gasteiger charge is 2.33. The van der Waals surface area contributed by atoms with Gasteiger partial charge in [-0.05, 0) is 30.5 Å². The third-order valence-electron chi connectivity index (χ3n) is 3.16. The minimum Gasteiger partial charge on any atom is -0.480 e. The Balaban J connectivity index is 2.70. The number of hydrogen-bond acceptors (Lipinski definition) is 2. The summed E-state index contributed by atoms with van der Waals surface area (Å²) in [6, 6.07) is 6.05. The lowest BCUT2D eigenvalue weighted by atomic mass is 9.92. The zero-order valence-electron chi connectivity index (χ0n) is 10.2. The van der Waals surface area contributed by atoms with Crippen LogP contribution >= 0.6 is 0 Å². The second kappa shape index (κ2) is 5.77. The first-order chi connectivity index (χ1) is 8.04. The fourth-order valence-electron chi connectivity index (χ4n) is 1.75. The molecule has 0 bridgehead atoms. The predicted molar refractivity (Wildman–Crippen MR) is 64.2 cm³/mol. The third kappa shape index (κ3) is 3.27. The molecule has 0 aromatic heterocycles. The molecule has 0 aliphatic carbocycles. The Morgan fingerprint density at radius 2 is 1.82 bits per heavy atom. The highest BCUT2D eigenvalue weighted by Crippen LogP contribution is 2.16. The maximum Gasteiger partial charge on any atom is 0.323 e. The van der Waals surface area contributed by atoms with E-state index >= 15 is 0 Å². The average molecular weight is 239 g/mol. The number of benzene rings is 1. The Kier molecular flexibility index (Phi) is 4.63. The molecule has 1 aromatic rings. The van der Waals surface area contributed by atoms with E-state index in [1.807, 2.05) is 13.8 Å². The van der Waals surface area contributed by atoms with Gasteiger partial charge in [0.25, 0.3) is 0 Å². The summed E-state index contributed by atoms with van der Waals surface area (Å²) in [6.45, 7) is 4.11. The van der Waals surface area contributed by atoms with Gasteiger partial charge in [-0.1, -0.05) is 26.0 Å². The van der Waals surface area contributed by atoms with Gasteiger partial charge in [-0.2, -0.15) is 0 Å². The molecule has 0 heterocycles. The molecule has 0 radical (unpaired) electrons. The number of carbonyl (C=O) groups is 1. The molecule has 0 aliphatic heterocycles. The maximum atomic E-state index is 12.7. The molecule has 1 aromatic carbocycles. The fraction of sp³-hybridized carbons (Fsp3) is 0.462. The Labute approximate surface area is 101 Å². The van der Waals surface area contributed by atoms with Crippen LogP contribution in [0.15, 0.2) is 24.3 Å². The van der Waals surface area contributed by atoms with Crippen molar-refractivity contribution in [1.29, 1.82) is 0 Å². The van der Waals surface area contributed by atoms with Gasteiger partial charge < -0.3 is 5.11 Å². The van der Waals surface area contributed by atoms with Crippen LogP contribution in [0.3, 0.4) is 0 Å². The molecule has 0 amide bonds. The molecule has 3 nitrogen and oxygen atoms in total. The smallest absolute Gasteiger partial charge is 0.323 e. The molecule has 17 heavy (non-hydrogen) atoms. The van der Waals surface area contributed by atoms with Crippen LogP contribution in [0.4, 0.5) is 4.39 Å². The normalized spacial score (nSPS) is 11.5. The number of carboxylic acid groups (broad SMARTS) is 1. The third-order valence-corrected chi connectivity index (χ3v) is 3.16. The van der Waals surface area contributed by atoms with Gasteiger partial charge in [-0.25, -0.2) is 4.39 Å². The second-order valence-corrected chi connectivity index (χ2v) is 4.07. The first-order valence-corrected chi connectivity index (χ1v) is 5.77. The van der Waals surface area contributed by atoms with Crippen LogP contribution in [0.5, 0.6) is 0 Å². The molecule has 0 fully saturated rings. The molecule has 94 valence electrons. The number of aliphatic carboxylic acids is 1. The van der Waals surface area contributed by atoms with Crippen molar-refractivity contribution in [3.05, 3.63) is 35.6 Å². The summed E-state index contributed by atoms with van der Waals surface area (Å²) in [5.41, 5.74) is -0.0205. The quantitative estimate of drug-likeness (QED) is 0.802. The number of carboxylic acids is 1. The van der Waals surface area contributed by atoms with E-state index in [0.717, 1.165) is 5.56 Å². The van der Waals surface area contributed by atoms with Crippen molar-refractivity contribution in [2.75, 3.05) is 0 Å². The molecule has 0 spiro atoms. The highest BCUT2D eigenvalue weighted by molar-refractivity contribution is 5.78. The zero-order chi connectivity index (χ0) is 12.9. The van der Waals surface area contributed by atoms with Crippen LogP contribution in [0.2, 0.25) is 0 Å². The van der Waals surface area contributed by atoms with Gasteiger partial charge >= 0.3 is 5.97 Å². The van der Waals surface area contributed by atoms with Crippen molar-refractivity contribution in [2.45, 2.75) is 38.8 Å². The van der Waals surface area contributed by atoms with E-state index in [0.29, 0.717) is 19.4 Å². The zero-order valence-corrected chi connectivity index (χ0v) is 10.2. The maximum absolute atomic E-state index is 12.7. The van der Waals surface area contributed by atoms with E-state index in [9.17, 15) is 14.3 Å². The van der Waals surface area contributed by atoms with Gasteiger partial charge in [0.1, 0.15) is 11.4 Å². The van der Waals surface area contributed by atoms with Gasteiger partial charge in [-0.3, -0.25) is 10.1 Å². The fourth-order valence-corrected chi connectivity index (χ4v) is 1.75. The van der Waals surface area contributed by atoms with E-state index < -0.39 is 11.5 Å². The van der Waals surface area contributed by atoms with Gasteiger partial charge in [0.15, 0.2) is 0 Å². The molecule has 0 aliphatic rings. The standard InChI is InChI=1S/C13H18FNO2/c1-3-13(4-2,12(16)17)15-9-10-5-7-11(14)8-6-10/h5-8,15H,3-4,9H2,1-2H3,(H,16,17). The lowest BCUT2D eigenvalue weighted by Gasteiger charge is -2.28. The van der Waals surface area contributed by atoms with Crippen molar-refractivity contribution < 1.29 is 14.3 Å². The van der Waals surface area contributed by atoms with Crippen LogP contribution < -0.4 is 5.32 Å². The number of halogens is 1. The van der Waals surface area contributed by atoms with Crippen molar-refractivity contribution >= 4 is 5.97 Å².